The van der Waals surface area contributed by atoms with Crippen molar-refractivity contribution < 1.29 is 9.15 Å². The Bertz CT molecular complexity index is 437. The van der Waals surface area contributed by atoms with Gasteiger partial charge in [0.05, 0.1) is 12.4 Å². The molecule has 1 heterocycles. The van der Waals surface area contributed by atoms with Gasteiger partial charge in [0.2, 0.25) is 0 Å². The molecule has 3 nitrogen and oxygen atoms in total. The number of nitrogens with two attached hydrogens (primary N) is 1. The fourth-order valence-electron chi connectivity index (χ4n) is 1.51. The van der Waals surface area contributed by atoms with Gasteiger partial charge >= 0.3 is 0 Å². The van der Waals surface area contributed by atoms with Crippen LogP contribution in [0.2, 0.25) is 0 Å². The molecule has 0 radical (unpaired) electrons. The predicted octanol–water partition coefficient (Wildman–Crippen LogP) is 3.14. The first-order valence-corrected chi connectivity index (χ1v) is 5.25. The Hall–Kier alpha value is -1.74. The molecule has 1 atom stereocenters. The lowest BCUT2D eigenvalue weighted by molar-refractivity contribution is 0.0420. The summed E-state index contributed by atoms with van der Waals surface area (Å²) in [4.78, 5) is 0. The summed E-state index contributed by atoms with van der Waals surface area (Å²) >= 11 is 0. The lowest BCUT2D eigenvalue weighted by Gasteiger charge is -2.12. The molecule has 1 unspecified atom stereocenters. The van der Waals surface area contributed by atoms with Gasteiger partial charge in [-0.2, -0.15) is 0 Å². The number of benzene rings is 1. The molecule has 0 saturated heterocycles. The van der Waals surface area contributed by atoms with Crippen LogP contribution in [0.5, 0.6) is 0 Å². The summed E-state index contributed by atoms with van der Waals surface area (Å²) in [5.74, 6) is 0.829. The van der Waals surface area contributed by atoms with E-state index in [9.17, 15) is 0 Å². The molecule has 84 valence electrons. The van der Waals surface area contributed by atoms with Gasteiger partial charge in [0.25, 0.3) is 0 Å². The van der Waals surface area contributed by atoms with Crippen molar-refractivity contribution in [3.63, 3.8) is 0 Å². The molecule has 0 spiro atoms. The molecular weight excluding hydrogens is 202 g/mol. The molecule has 2 rings (SSSR count). The summed E-state index contributed by atoms with van der Waals surface area (Å²) in [6, 6.07) is 11.5. The van der Waals surface area contributed by atoms with Gasteiger partial charge in [-0.1, -0.05) is 12.1 Å². The third-order valence-corrected chi connectivity index (χ3v) is 2.44. The fourth-order valence-corrected chi connectivity index (χ4v) is 1.51. The van der Waals surface area contributed by atoms with Gasteiger partial charge in [0, 0.05) is 5.69 Å². The van der Waals surface area contributed by atoms with Crippen LogP contribution in [0.1, 0.15) is 24.4 Å². The van der Waals surface area contributed by atoms with E-state index in [2.05, 4.69) is 0 Å². The van der Waals surface area contributed by atoms with E-state index in [-0.39, 0.29) is 6.10 Å². The van der Waals surface area contributed by atoms with E-state index in [4.69, 9.17) is 14.9 Å². The molecule has 0 aliphatic carbocycles. The Labute approximate surface area is 94.8 Å². The van der Waals surface area contributed by atoms with Crippen molar-refractivity contribution in [2.24, 2.45) is 0 Å². The maximum Gasteiger partial charge on any atom is 0.129 e. The van der Waals surface area contributed by atoms with Gasteiger partial charge in [0.15, 0.2) is 0 Å². The SMILES string of the molecule is CC(OCc1ccco1)c1cccc(N)c1. The van der Waals surface area contributed by atoms with Crippen LogP contribution in [-0.2, 0) is 11.3 Å². The van der Waals surface area contributed by atoms with Gasteiger partial charge in [0.1, 0.15) is 12.4 Å². The fraction of sp³-hybridized carbons (Fsp3) is 0.231. The second-order valence-corrected chi connectivity index (χ2v) is 3.70. The van der Waals surface area contributed by atoms with Crippen LogP contribution < -0.4 is 5.73 Å². The van der Waals surface area contributed by atoms with E-state index in [1.54, 1.807) is 6.26 Å². The molecule has 0 fully saturated rings. The van der Waals surface area contributed by atoms with E-state index in [0.29, 0.717) is 6.61 Å². The van der Waals surface area contributed by atoms with Crippen LogP contribution in [-0.4, -0.2) is 0 Å². The zero-order chi connectivity index (χ0) is 11.4. The van der Waals surface area contributed by atoms with Crippen LogP contribution in [0.25, 0.3) is 0 Å². The van der Waals surface area contributed by atoms with E-state index in [1.807, 2.05) is 43.3 Å². The average molecular weight is 217 g/mol. The Kier molecular flexibility index (Phi) is 3.27. The normalized spacial score (nSPS) is 12.6. The number of nitrogen functional groups attached to an aromatic ring is 1. The minimum Gasteiger partial charge on any atom is -0.467 e. The Morgan fingerprint density at radius 1 is 1.31 bits per heavy atom. The minimum atomic E-state index is 0.00796. The van der Waals surface area contributed by atoms with Gasteiger partial charge < -0.3 is 14.9 Å². The first-order valence-electron chi connectivity index (χ1n) is 5.25. The van der Waals surface area contributed by atoms with Crippen LogP contribution in [0.4, 0.5) is 5.69 Å². The molecule has 0 saturated carbocycles. The Morgan fingerprint density at radius 2 is 2.19 bits per heavy atom. The topological polar surface area (TPSA) is 48.4 Å². The van der Waals surface area contributed by atoms with Crippen molar-refractivity contribution >= 4 is 5.69 Å². The zero-order valence-corrected chi connectivity index (χ0v) is 9.22. The molecular formula is C13H15NO2. The quantitative estimate of drug-likeness (QED) is 0.800. The molecule has 3 heteroatoms. The zero-order valence-electron chi connectivity index (χ0n) is 9.22. The third kappa shape index (κ3) is 2.64. The van der Waals surface area contributed by atoms with Gasteiger partial charge in [-0.05, 0) is 36.8 Å². The molecule has 16 heavy (non-hydrogen) atoms. The second-order valence-electron chi connectivity index (χ2n) is 3.70. The van der Waals surface area contributed by atoms with E-state index >= 15 is 0 Å². The molecule has 0 aliphatic heterocycles. The van der Waals surface area contributed by atoms with Crippen molar-refractivity contribution in [2.45, 2.75) is 19.6 Å². The molecule has 0 amide bonds. The maximum absolute atomic E-state index is 5.71. The van der Waals surface area contributed by atoms with Crippen molar-refractivity contribution in [3.05, 3.63) is 54.0 Å². The summed E-state index contributed by atoms with van der Waals surface area (Å²) in [5, 5.41) is 0. The van der Waals surface area contributed by atoms with Gasteiger partial charge in [-0.15, -0.1) is 0 Å². The summed E-state index contributed by atoms with van der Waals surface area (Å²) in [5.41, 5.74) is 7.54. The number of anilines is 1. The van der Waals surface area contributed by atoms with E-state index in [1.165, 1.54) is 0 Å². The number of rotatable bonds is 4. The molecule has 0 bridgehead atoms. The summed E-state index contributed by atoms with van der Waals surface area (Å²) < 4.78 is 10.9. The first kappa shape index (κ1) is 10.8. The third-order valence-electron chi connectivity index (χ3n) is 2.44. The Balaban J connectivity index is 1.95. The van der Waals surface area contributed by atoms with Crippen molar-refractivity contribution in [2.75, 3.05) is 5.73 Å². The molecule has 1 aromatic carbocycles. The second kappa shape index (κ2) is 4.86. The molecule has 2 aromatic rings. The van der Waals surface area contributed by atoms with E-state index in [0.717, 1.165) is 17.0 Å². The van der Waals surface area contributed by atoms with Crippen LogP contribution in [0.3, 0.4) is 0 Å². The molecule has 1 aromatic heterocycles. The summed E-state index contributed by atoms with van der Waals surface area (Å²) in [6.07, 6.45) is 1.65. The van der Waals surface area contributed by atoms with Crippen LogP contribution >= 0.6 is 0 Å². The molecule has 0 aliphatic rings. The van der Waals surface area contributed by atoms with Crippen LogP contribution in [0, 0.1) is 0 Å². The minimum absolute atomic E-state index is 0.00796. The summed E-state index contributed by atoms with van der Waals surface area (Å²) in [7, 11) is 0. The first-order chi connectivity index (χ1) is 7.75. The van der Waals surface area contributed by atoms with E-state index < -0.39 is 0 Å². The maximum atomic E-state index is 5.71. The van der Waals surface area contributed by atoms with Crippen molar-refractivity contribution in [1.29, 1.82) is 0 Å². The lowest BCUT2D eigenvalue weighted by atomic mass is 10.1. The highest BCUT2D eigenvalue weighted by atomic mass is 16.5. The lowest BCUT2D eigenvalue weighted by Crippen LogP contribution is -2.00. The number of furan rings is 1. The number of hydrogen-bond acceptors (Lipinski definition) is 3. The van der Waals surface area contributed by atoms with Crippen molar-refractivity contribution in [3.8, 4) is 0 Å². The van der Waals surface area contributed by atoms with Crippen molar-refractivity contribution in [1.82, 2.24) is 0 Å². The highest BCUT2D eigenvalue weighted by Gasteiger charge is 2.06. The van der Waals surface area contributed by atoms with Crippen LogP contribution in [0.15, 0.2) is 47.1 Å². The molecule has 2 N–H and O–H groups in total. The largest absolute Gasteiger partial charge is 0.467 e. The highest BCUT2D eigenvalue weighted by molar-refractivity contribution is 5.41. The Morgan fingerprint density at radius 3 is 2.88 bits per heavy atom. The predicted molar refractivity (Wildman–Crippen MR) is 62.8 cm³/mol. The monoisotopic (exact) mass is 217 g/mol. The van der Waals surface area contributed by atoms with Gasteiger partial charge in [-0.25, -0.2) is 0 Å². The number of hydrogen-bond donors (Lipinski definition) is 1. The van der Waals surface area contributed by atoms with Gasteiger partial charge in [-0.3, -0.25) is 0 Å². The summed E-state index contributed by atoms with van der Waals surface area (Å²) in [6.45, 7) is 2.47. The average Bonchev–Trinajstić information content (AvgIpc) is 2.78. The number of ether oxygens (including phenoxy) is 1. The highest BCUT2D eigenvalue weighted by Crippen LogP contribution is 2.20. The smallest absolute Gasteiger partial charge is 0.129 e. The standard InChI is InChI=1S/C13H15NO2/c1-10(11-4-2-5-12(14)8-11)16-9-13-6-3-7-15-13/h2-8,10H,9,14H2,1H3.